The Hall–Kier alpha value is -1.58. The monoisotopic (exact) mass is 290 g/mol. The topological polar surface area (TPSA) is 30.2 Å². The highest BCUT2D eigenvalue weighted by Gasteiger charge is 2.17. The van der Waals surface area contributed by atoms with Gasteiger partial charge in [-0.1, -0.05) is 23.7 Å². The molecule has 0 saturated heterocycles. The lowest BCUT2D eigenvalue weighted by atomic mass is 10.2. The number of hydrogen-bond donors (Lipinski definition) is 0. The highest BCUT2D eigenvalue weighted by Crippen LogP contribution is 2.31. The van der Waals surface area contributed by atoms with Gasteiger partial charge >= 0.3 is 0 Å². The molecule has 3 aromatic rings. The Kier molecular flexibility index (Phi) is 3.17. The third kappa shape index (κ3) is 2.20. The van der Waals surface area contributed by atoms with E-state index in [4.69, 9.17) is 16.0 Å². The maximum Gasteiger partial charge on any atom is 0.135 e. The van der Waals surface area contributed by atoms with Gasteiger partial charge in [-0.05, 0) is 43.3 Å². The van der Waals surface area contributed by atoms with Gasteiger partial charge in [0, 0.05) is 15.3 Å². The van der Waals surface area contributed by atoms with Crippen molar-refractivity contribution in [1.82, 2.24) is 0 Å². The Morgan fingerprint density at radius 2 is 1.74 bits per heavy atom. The van der Waals surface area contributed by atoms with Crippen LogP contribution in [0, 0.1) is 6.92 Å². The molecule has 19 heavy (non-hydrogen) atoms. The first-order chi connectivity index (χ1) is 9.16. The zero-order valence-corrected chi connectivity index (χ0v) is 11.8. The van der Waals surface area contributed by atoms with Gasteiger partial charge in [0.1, 0.15) is 11.3 Å². The maximum absolute atomic E-state index is 12.7. The fourth-order valence-electron chi connectivity index (χ4n) is 2.05. The Bertz CT molecular complexity index is 759. The number of aryl methyl sites for hydroxylation is 1. The van der Waals surface area contributed by atoms with Crippen molar-refractivity contribution in [3.05, 3.63) is 59.3 Å². The molecule has 0 bridgehead atoms. The summed E-state index contributed by atoms with van der Waals surface area (Å²) in [7, 11) is -1.26. The first-order valence-corrected chi connectivity index (χ1v) is 7.35. The highest BCUT2D eigenvalue weighted by atomic mass is 35.5. The minimum absolute atomic E-state index is 0.634. The smallest absolute Gasteiger partial charge is 0.135 e. The summed E-state index contributed by atoms with van der Waals surface area (Å²) in [6, 6.07) is 14.7. The second-order valence-corrected chi connectivity index (χ2v) is 6.06. The van der Waals surface area contributed by atoms with E-state index in [1.54, 1.807) is 24.3 Å². The van der Waals surface area contributed by atoms with Crippen LogP contribution in [0.4, 0.5) is 0 Å². The van der Waals surface area contributed by atoms with Crippen molar-refractivity contribution in [3.63, 3.8) is 0 Å². The predicted molar refractivity (Wildman–Crippen MR) is 77.1 cm³/mol. The molecule has 3 rings (SSSR count). The molecule has 0 fully saturated rings. The van der Waals surface area contributed by atoms with E-state index in [-0.39, 0.29) is 0 Å². The molecule has 0 N–H and O–H groups in total. The van der Waals surface area contributed by atoms with Crippen molar-refractivity contribution in [2.75, 3.05) is 0 Å². The number of rotatable bonds is 2. The fourth-order valence-corrected chi connectivity index (χ4v) is 3.47. The van der Waals surface area contributed by atoms with Gasteiger partial charge in [0.15, 0.2) is 0 Å². The lowest BCUT2D eigenvalue weighted by Gasteiger charge is -2.01. The Morgan fingerprint density at radius 3 is 2.47 bits per heavy atom. The van der Waals surface area contributed by atoms with Crippen LogP contribution in [0.5, 0.6) is 0 Å². The van der Waals surface area contributed by atoms with Crippen LogP contribution in [-0.4, -0.2) is 4.21 Å². The SMILES string of the molecule is Cc1oc2ccccc2c1S(=O)c1ccc(Cl)cc1. The number of halogens is 1. The molecule has 4 heteroatoms. The second kappa shape index (κ2) is 4.83. The summed E-state index contributed by atoms with van der Waals surface area (Å²) in [5.41, 5.74) is 0.761. The van der Waals surface area contributed by atoms with Crippen LogP contribution in [0.25, 0.3) is 11.0 Å². The Morgan fingerprint density at radius 1 is 1.05 bits per heavy atom. The molecule has 0 spiro atoms. The fraction of sp³-hybridized carbons (Fsp3) is 0.0667. The summed E-state index contributed by atoms with van der Waals surface area (Å²) in [5, 5.41) is 1.53. The second-order valence-electron chi connectivity index (χ2n) is 4.21. The van der Waals surface area contributed by atoms with Gasteiger partial charge in [-0.15, -0.1) is 0 Å². The largest absolute Gasteiger partial charge is 0.460 e. The summed E-state index contributed by atoms with van der Waals surface area (Å²) in [5.74, 6) is 0.689. The number of furan rings is 1. The van der Waals surface area contributed by atoms with Gasteiger partial charge in [-0.25, -0.2) is 4.21 Å². The number of fused-ring (bicyclic) bond motifs is 1. The summed E-state index contributed by atoms with van der Waals surface area (Å²) in [4.78, 5) is 1.46. The molecule has 2 aromatic carbocycles. The van der Waals surface area contributed by atoms with E-state index < -0.39 is 10.8 Å². The maximum atomic E-state index is 12.7. The number of para-hydroxylation sites is 1. The van der Waals surface area contributed by atoms with E-state index in [0.29, 0.717) is 10.8 Å². The van der Waals surface area contributed by atoms with Crippen molar-refractivity contribution in [1.29, 1.82) is 0 Å². The molecule has 0 aliphatic rings. The zero-order chi connectivity index (χ0) is 13.4. The average molecular weight is 291 g/mol. The minimum Gasteiger partial charge on any atom is -0.460 e. The van der Waals surface area contributed by atoms with Crippen molar-refractivity contribution < 1.29 is 8.63 Å². The van der Waals surface area contributed by atoms with E-state index >= 15 is 0 Å². The summed E-state index contributed by atoms with van der Waals surface area (Å²) < 4.78 is 18.3. The molecule has 0 aliphatic carbocycles. The van der Waals surface area contributed by atoms with E-state index in [0.717, 1.165) is 20.8 Å². The van der Waals surface area contributed by atoms with Gasteiger partial charge in [-0.2, -0.15) is 0 Å². The van der Waals surface area contributed by atoms with Gasteiger partial charge in [0.25, 0.3) is 0 Å². The van der Waals surface area contributed by atoms with Crippen LogP contribution < -0.4 is 0 Å². The van der Waals surface area contributed by atoms with Crippen LogP contribution in [-0.2, 0) is 10.8 Å². The molecule has 1 unspecified atom stereocenters. The normalized spacial score (nSPS) is 12.7. The van der Waals surface area contributed by atoms with Gasteiger partial charge in [0.05, 0.1) is 15.7 Å². The van der Waals surface area contributed by atoms with Crippen LogP contribution >= 0.6 is 11.6 Å². The Balaban J connectivity index is 2.16. The molecule has 1 atom stereocenters. The molecule has 96 valence electrons. The van der Waals surface area contributed by atoms with Crippen molar-refractivity contribution in [2.24, 2.45) is 0 Å². The van der Waals surface area contributed by atoms with Crippen LogP contribution in [0.2, 0.25) is 5.02 Å². The minimum atomic E-state index is -1.26. The van der Waals surface area contributed by atoms with Gasteiger partial charge < -0.3 is 4.42 Å². The summed E-state index contributed by atoms with van der Waals surface area (Å²) in [6.07, 6.45) is 0. The van der Waals surface area contributed by atoms with E-state index in [1.807, 2.05) is 31.2 Å². The van der Waals surface area contributed by atoms with Gasteiger partial charge in [-0.3, -0.25) is 0 Å². The molecule has 1 heterocycles. The van der Waals surface area contributed by atoms with Crippen molar-refractivity contribution in [3.8, 4) is 0 Å². The summed E-state index contributed by atoms with van der Waals surface area (Å²) >= 11 is 5.85. The standard InChI is InChI=1S/C15H11ClO2S/c1-10-15(13-4-2-3-5-14(13)18-10)19(17)12-8-6-11(16)7-9-12/h2-9H,1H3. The van der Waals surface area contributed by atoms with E-state index in [2.05, 4.69) is 0 Å². The van der Waals surface area contributed by atoms with Crippen LogP contribution in [0.15, 0.2) is 62.7 Å². The average Bonchev–Trinajstić information content (AvgIpc) is 2.74. The first kappa shape index (κ1) is 12.5. The molecule has 0 aliphatic heterocycles. The van der Waals surface area contributed by atoms with Crippen molar-refractivity contribution >= 4 is 33.4 Å². The number of benzene rings is 2. The highest BCUT2D eigenvalue weighted by molar-refractivity contribution is 7.85. The third-order valence-electron chi connectivity index (χ3n) is 2.93. The lowest BCUT2D eigenvalue weighted by molar-refractivity contribution is 0.566. The zero-order valence-electron chi connectivity index (χ0n) is 10.2. The van der Waals surface area contributed by atoms with Crippen LogP contribution in [0.3, 0.4) is 0 Å². The molecule has 2 nitrogen and oxygen atoms in total. The van der Waals surface area contributed by atoms with Crippen LogP contribution in [0.1, 0.15) is 5.76 Å². The molecule has 0 radical (unpaired) electrons. The molecule has 1 aromatic heterocycles. The molecular formula is C15H11ClO2S. The molecule has 0 amide bonds. The van der Waals surface area contributed by atoms with Gasteiger partial charge in [0.2, 0.25) is 0 Å². The molecule has 0 saturated carbocycles. The lowest BCUT2D eigenvalue weighted by Crippen LogP contribution is -1.93. The van der Waals surface area contributed by atoms with Crippen molar-refractivity contribution in [2.45, 2.75) is 16.7 Å². The van der Waals surface area contributed by atoms with E-state index in [9.17, 15) is 4.21 Å². The third-order valence-corrected chi connectivity index (χ3v) is 4.76. The number of hydrogen-bond acceptors (Lipinski definition) is 2. The summed E-state index contributed by atoms with van der Waals surface area (Å²) in [6.45, 7) is 1.84. The predicted octanol–water partition coefficient (Wildman–Crippen LogP) is 4.56. The van der Waals surface area contributed by atoms with E-state index in [1.165, 1.54) is 0 Å². The quantitative estimate of drug-likeness (QED) is 0.692. The molecular weight excluding hydrogens is 280 g/mol. The first-order valence-electron chi connectivity index (χ1n) is 5.82. The Labute approximate surface area is 118 Å².